The van der Waals surface area contributed by atoms with Gasteiger partial charge in [-0.25, -0.2) is 5.43 Å². The van der Waals surface area contributed by atoms with Gasteiger partial charge in [-0.2, -0.15) is 5.10 Å². The molecule has 0 saturated heterocycles. The molecule has 0 aliphatic carbocycles. The van der Waals surface area contributed by atoms with Crippen LogP contribution in [0.1, 0.15) is 11.1 Å². The number of hydrogen-bond donors (Lipinski definition) is 2. The van der Waals surface area contributed by atoms with Crippen molar-refractivity contribution < 1.29 is 14.6 Å². The first-order chi connectivity index (χ1) is 17.4. The van der Waals surface area contributed by atoms with Gasteiger partial charge in [0.15, 0.2) is 11.0 Å². The summed E-state index contributed by atoms with van der Waals surface area (Å²) < 4.78 is 8.87. The summed E-state index contributed by atoms with van der Waals surface area (Å²) in [6, 6.07) is 19.2. The number of benzene rings is 3. The fourth-order valence-electron chi connectivity index (χ4n) is 3.24. The van der Waals surface area contributed by atoms with Crippen molar-refractivity contribution in [1.82, 2.24) is 20.2 Å². The van der Waals surface area contributed by atoms with Gasteiger partial charge in [0, 0.05) is 20.4 Å². The summed E-state index contributed by atoms with van der Waals surface area (Å²) in [5.74, 6) is 1.31. The quantitative estimate of drug-likeness (QED) is 0.109. The minimum absolute atomic E-state index is 0.0787. The van der Waals surface area contributed by atoms with E-state index in [-0.39, 0.29) is 17.4 Å². The Bertz CT molecular complexity index is 1410. The Balaban J connectivity index is 1.52. The Morgan fingerprint density at radius 1 is 1.14 bits per heavy atom. The van der Waals surface area contributed by atoms with Gasteiger partial charge in [-0.3, -0.25) is 9.36 Å². The van der Waals surface area contributed by atoms with Crippen molar-refractivity contribution in [3.63, 3.8) is 0 Å². The Morgan fingerprint density at radius 2 is 1.86 bits per heavy atom. The molecule has 184 valence electrons. The molecule has 0 aliphatic heterocycles. The van der Waals surface area contributed by atoms with Gasteiger partial charge in [0.05, 0.1) is 22.6 Å². The van der Waals surface area contributed by atoms with Crippen molar-refractivity contribution in [3.05, 3.63) is 78.9 Å². The zero-order valence-corrected chi connectivity index (χ0v) is 24.4. The lowest BCUT2D eigenvalue weighted by molar-refractivity contribution is -0.118. The number of phenols is 1. The van der Waals surface area contributed by atoms with Crippen LogP contribution < -0.4 is 10.2 Å². The zero-order valence-electron chi connectivity index (χ0n) is 19.3. The molecule has 0 aliphatic rings. The fraction of sp³-hybridized carbons (Fsp3) is 0.120. The van der Waals surface area contributed by atoms with E-state index in [9.17, 15) is 9.90 Å². The minimum Gasteiger partial charge on any atom is -0.506 e. The number of rotatable bonds is 8. The number of nitrogens with one attached hydrogen (secondary N) is 1. The lowest BCUT2D eigenvalue weighted by Crippen LogP contribution is -2.20. The lowest BCUT2D eigenvalue weighted by atomic mass is 10.1. The number of carbonyl (C=O) groups excluding carboxylic acids is 1. The van der Waals surface area contributed by atoms with Crippen LogP contribution in [0.4, 0.5) is 0 Å². The molecule has 0 radical (unpaired) electrons. The van der Waals surface area contributed by atoms with Gasteiger partial charge in [0.2, 0.25) is 0 Å². The van der Waals surface area contributed by atoms with E-state index >= 15 is 0 Å². The molecule has 2 N–H and O–H groups in total. The number of halogens is 2. The van der Waals surface area contributed by atoms with Crippen LogP contribution in [0.3, 0.4) is 0 Å². The summed E-state index contributed by atoms with van der Waals surface area (Å²) in [4.78, 5) is 12.5. The number of aromatic nitrogens is 3. The van der Waals surface area contributed by atoms with E-state index in [1.165, 1.54) is 18.0 Å². The van der Waals surface area contributed by atoms with Crippen LogP contribution in [0.2, 0.25) is 0 Å². The van der Waals surface area contributed by atoms with Crippen LogP contribution >= 0.6 is 56.9 Å². The zero-order chi connectivity index (χ0) is 25.7. The Labute approximate surface area is 239 Å². The summed E-state index contributed by atoms with van der Waals surface area (Å²) >= 11 is 5.47. The highest BCUT2D eigenvalue weighted by molar-refractivity contribution is 14.1. The summed E-state index contributed by atoms with van der Waals surface area (Å²) in [7, 11) is 1.62. The van der Waals surface area contributed by atoms with Gasteiger partial charge in [0.1, 0.15) is 11.5 Å². The third-order valence-electron chi connectivity index (χ3n) is 5.06. The molecule has 0 unspecified atom stereocenters. The van der Waals surface area contributed by atoms with Gasteiger partial charge < -0.3 is 9.84 Å². The molecule has 3 aromatic carbocycles. The molecule has 4 rings (SSSR count). The molecule has 0 spiro atoms. The molecule has 1 heterocycles. The molecule has 0 fully saturated rings. The van der Waals surface area contributed by atoms with E-state index in [0.717, 1.165) is 26.1 Å². The van der Waals surface area contributed by atoms with Gasteiger partial charge in [-0.1, -0.05) is 41.6 Å². The van der Waals surface area contributed by atoms with Crippen LogP contribution in [0.15, 0.2) is 70.9 Å². The average Bonchev–Trinajstić information content (AvgIpc) is 3.30. The third kappa shape index (κ3) is 6.37. The molecule has 1 amide bonds. The maximum atomic E-state index is 12.5. The van der Waals surface area contributed by atoms with E-state index in [2.05, 4.69) is 65.9 Å². The Kier molecular flexibility index (Phi) is 8.85. The normalized spacial score (nSPS) is 11.1. The molecular weight excluding hydrogens is 704 g/mol. The smallest absolute Gasteiger partial charge is 0.250 e. The molecule has 1 aromatic heterocycles. The van der Waals surface area contributed by atoms with Crippen LogP contribution in [-0.4, -0.2) is 44.9 Å². The predicted octanol–water partition coefficient (Wildman–Crippen LogP) is 5.41. The molecule has 11 heteroatoms. The van der Waals surface area contributed by atoms with Gasteiger partial charge >= 0.3 is 0 Å². The van der Waals surface area contributed by atoms with Crippen LogP contribution in [0.25, 0.3) is 17.1 Å². The second kappa shape index (κ2) is 12.1. The number of hydrogen-bond acceptors (Lipinski definition) is 7. The number of aryl methyl sites for hydroxylation is 1. The first-order valence-electron chi connectivity index (χ1n) is 10.7. The molecular formula is C25H21I2N5O3S. The number of thioether (sulfide) groups is 1. The largest absolute Gasteiger partial charge is 0.506 e. The number of nitrogens with zero attached hydrogens (tertiary/aromatic N) is 4. The highest BCUT2D eigenvalue weighted by Gasteiger charge is 2.17. The maximum Gasteiger partial charge on any atom is 0.250 e. The topological polar surface area (TPSA) is 102 Å². The van der Waals surface area contributed by atoms with Gasteiger partial charge in [-0.05, 0) is 88.5 Å². The third-order valence-corrected chi connectivity index (χ3v) is 7.43. The number of carbonyl (C=O) groups is 1. The number of ether oxygens (including phenoxy) is 1. The molecule has 4 aromatic rings. The van der Waals surface area contributed by atoms with E-state index in [4.69, 9.17) is 4.74 Å². The summed E-state index contributed by atoms with van der Waals surface area (Å²) in [5.41, 5.74) is 5.94. The van der Waals surface area contributed by atoms with Crippen LogP contribution in [0.5, 0.6) is 11.5 Å². The van der Waals surface area contributed by atoms with E-state index < -0.39 is 0 Å². The number of aromatic hydroxyl groups is 1. The Morgan fingerprint density at radius 3 is 2.56 bits per heavy atom. The van der Waals surface area contributed by atoms with Crippen molar-refractivity contribution in [2.75, 3.05) is 12.9 Å². The van der Waals surface area contributed by atoms with Gasteiger partial charge in [-0.15, -0.1) is 10.2 Å². The van der Waals surface area contributed by atoms with E-state index in [0.29, 0.717) is 20.1 Å². The SMILES string of the molecule is COc1ccc(-n2c(SCC(=O)N/N=C\c3cc(I)cc(I)c3O)nnc2-c2ccc(C)cc2)cc1. The molecule has 0 bridgehead atoms. The predicted molar refractivity (Wildman–Crippen MR) is 158 cm³/mol. The summed E-state index contributed by atoms with van der Waals surface area (Å²) in [6.45, 7) is 2.03. The van der Waals surface area contributed by atoms with Gasteiger partial charge in [0.25, 0.3) is 5.91 Å². The maximum absolute atomic E-state index is 12.5. The number of hydrazone groups is 1. The average molecular weight is 725 g/mol. The first-order valence-corrected chi connectivity index (χ1v) is 13.8. The number of amides is 1. The molecule has 8 nitrogen and oxygen atoms in total. The van der Waals surface area contributed by atoms with E-state index in [1.807, 2.05) is 66.1 Å². The molecule has 36 heavy (non-hydrogen) atoms. The second-order valence-corrected chi connectivity index (χ2v) is 11.0. The summed E-state index contributed by atoms with van der Waals surface area (Å²) in [6.07, 6.45) is 1.43. The Hall–Kier alpha value is -2.65. The molecule has 0 saturated carbocycles. The number of phenolic OH excluding ortho intramolecular Hbond substituents is 1. The van der Waals surface area contributed by atoms with Crippen molar-refractivity contribution in [2.45, 2.75) is 12.1 Å². The van der Waals surface area contributed by atoms with Crippen molar-refractivity contribution in [1.29, 1.82) is 0 Å². The van der Waals surface area contributed by atoms with E-state index in [1.54, 1.807) is 13.2 Å². The second-order valence-electron chi connectivity index (χ2n) is 7.61. The highest BCUT2D eigenvalue weighted by atomic mass is 127. The first kappa shape index (κ1) is 26.4. The van der Waals surface area contributed by atoms with Crippen LogP contribution in [-0.2, 0) is 4.79 Å². The monoisotopic (exact) mass is 725 g/mol. The van der Waals surface area contributed by atoms with Crippen molar-refractivity contribution >= 4 is 69.1 Å². The van der Waals surface area contributed by atoms with Crippen molar-refractivity contribution in [3.8, 4) is 28.6 Å². The standard InChI is InChI=1S/C25H21I2N5O3S/c1-15-3-5-16(6-4-15)24-30-31-25(32(24)19-7-9-20(35-2)10-8-19)36-14-22(33)29-28-13-17-11-18(26)12-21(27)23(17)34/h3-13,34H,14H2,1-2H3,(H,29,33)/b28-13-. The fourth-order valence-corrected chi connectivity index (χ4v) is 5.87. The van der Waals surface area contributed by atoms with Crippen molar-refractivity contribution in [2.24, 2.45) is 5.10 Å². The van der Waals surface area contributed by atoms with Crippen LogP contribution in [0, 0.1) is 14.1 Å². The summed E-state index contributed by atoms with van der Waals surface area (Å²) in [5, 5.41) is 23.5. The number of methoxy groups -OCH3 is 1. The lowest BCUT2D eigenvalue weighted by Gasteiger charge is -2.11. The highest BCUT2D eigenvalue weighted by Crippen LogP contribution is 2.29. The molecule has 0 atom stereocenters. The minimum atomic E-state index is -0.308.